The van der Waals surface area contributed by atoms with Gasteiger partial charge < -0.3 is 10.1 Å². The molecular formula is C28H26ClN3O6S2. The summed E-state index contributed by atoms with van der Waals surface area (Å²) in [5.74, 6) is -0.170. The lowest BCUT2D eigenvalue weighted by molar-refractivity contribution is -0.114. The van der Waals surface area contributed by atoms with E-state index in [1.807, 2.05) is 13.0 Å². The molecule has 0 bridgehead atoms. The minimum absolute atomic E-state index is 0.00496. The largest absolute Gasteiger partial charge is 0.497 e. The van der Waals surface area contributed by atoms with Gasteiger partial charge in [0.05, 0.1) is 22.6 Å². The van der Waals surface area contributed by atoms with Gasteiger partial charge in [0, 0.05) is 16.4 Å². The number of benzene rings is 4. The molecule has 0 spiro atoms. The Morgan fingerprint density at radius 1 is 0.825 bits per heavy atom. The predicted molar refractivity (Wildman–Crippen MR) is 156 cm³/mol. The van der Waals surface area contributed by atoms with Crippen LogP contribution in [0.5, 0.6) is 5.75 Å². The number of aryl methyl sites for hydroxylation is 1. The minimum Gasteiger partial charge on any atom is -0.497 e. The fraction of sp³-hybridized carbons (Fsp3) is 0.107. The van der Waals surface area contributed by atoms with Gasteiger partial charge in [-0.2, -0.15) is 0 Å². The molecule has 0 aliphatic carbocycles. The second-order valence-corrected chi connectivity index (χ2v) is 12.7. The van der Waals surface area contributed by atoms with Crippen LogP contribution >= 0.6 is 11.6 Å². The molecule has 0 heterocycles. The van der Waals surface area contributed by atoms with Crippen LogP contribution < -0.4 is 19.1 Å². The maximum atomic E-state index is 13.5. The first-order valence-corrected chi connectivity index (χ1v) is 15.2. The number of nitrogens with zero attached hydrogens (tertiary/aromatic N) is 1. The van der Waals surface area contributed by atoms with Crippen molar-refractivity contribution in [2.24, 2.45) is 0 Å². The van der Waals surface area contributed by atoms with E-state index >= 15 is 0 Å². The number of methoxy groups -OCH3 is 1. The molecule has 2 N–H and O–H groups in total. The summed E-state index contributed by atoms with van der Waals surface area (Å²) in [4.78, 5) is 13.0. The fourth-order valence-electron chi connectivity index (χ4n) is 3.79. The number of rotatable bonds is 10. The van der Waals surface area contributed by atoms with Crippen LogP contribution in [0, 0.1) is 6.92 Å². The van der Waals surface area contributed by atoms with E-state index in [-0.39, 0.29) is 21.2 Å². The predicted octanol–water partition coefficient (Wildman–Crippen LogP) is 5.29. The molecule has 0 atom stereocenters. The van der Waals surface area contributed by atoms with E-state index in [1.165, 1.54) is 67.8 Å². The van der Waals surface area contributed by atoms with E-state index in [0.717, 1.165) is 9.87 Å². The molecule has 4 aromatic carbocycles. The number of amides is 1. The number of carbonyl (C=O) groups is 1. The van der Waals surface area contributed by atoms with Gasteiger partial charge in [-0.05, 0) is 91.3 Å². The molecule has 0 fully saturated rings. The Labute approximate surface area is 238 Å². The molecule has 0 aromatic heterocycles. The monoisotopic (exact) mass is 599 g/mol. The number of anilines is 3. The van der Waals surface area contributed by atoms with Crippen LogP contribution in [0.3, 0.4) is 0 Å². The topological polar surface area (TPSA) is 122 Å². The normalized spacial score (nSPS) is 11.5. The molecule has 208 valence electrons. The van der Waals surface area contributed by atoms with Gasteiger partial charge >= 0.3 is 0 Å². The Kier molecular flexibility index (Phi) is 8.67. The quantitative estimate of drug-likeness (QED) is 0.255. The zero-order valence-corrected chi connectivity index (χ0v) is 23.9. The molecule has 0 saturated carbocycles. The highest BCUT2D eigenvalue weighted by Crippen LogP contribution is 2.27. The zero-order chi connectivity index (χ0) is 28.9. The lowest BCUT2D eigenvalue weighted by atomic mass is 10.2. The van der Waals surface area contributed by atoms with Crippen LogP contribution in [0.2, 0.25) is 5.02 Å². The third kappa shape index (κ3) is 6.92. The van der Waals surface area contributed by atoms with Crippen molar-refractivity contribution < 1.29 is 26.4 Å². The summed E-state index contributed by atoms with van der Waals surface area (Å²) in [6.45, 7) is 1.29. The summed E-state index contributed by atoms with van der Waals surface area (Å²) >= 11 is 6.11. The molecule has 0 saturated heterocycles. The van der Waals surface area contributed by atoms with Crippen molar-refractivity contribution >= 4 is 54.6 Å². The van der Waals surface area contributed by atoms with E-state index < -0.39 is 32.5 Å². The van der Waals surface area contributed by atoms with Crippen molar-refractivity contribution in [3.05, 3.63) is 108 Å². The molecule has 0 radical (unpaired) electrons. The third-order valence-electron chi connectivity index (χ3n) is 5.75. The van der Waals surface area contributed by atoms with Crippen LogP contribution in [0.15, 0.2) is 107 Å². The highest BCUT2D eigenvalue weighted by molar-refractivity contribution is 7.93. The summed E-state index contributed by atoms with van der Waals surface area (Å²) in [7, 11) is -6.57. The maximum absolute atomic E-state index is 13.5. The molecule has 0 aliphatic heterocycles. The van der Waals surface area contributed by atoms with E-state index in [2.05, 4.69) is 10.0 Å². The molecule has 0 aliphatic rings. The molecule has 4 rings (SSSR count). The van der Waals surface area contributed by atoms with Gasteiger partial charge in [-0.3, -0.25) is 13.8 Å². The highest BCUT2D eigenvalue weighted by Gasteiger charge is 2.27. The zero-order valence-electron chi connectivity index (χ0n) is 21.5. The molecule has 9 nitrogen and oxygen atoms in total. The van der Waals surface area contributed by atoms with Gasteiger partial charge in [0.1, 0.15) is 12.3 Å². The Morgan fingerprint density at radius 2 is 1.48 bits per heavy atom. The van der Waals surface area contributed by atoms with Crippen molar-refractivity contribution in [3.63, 3.8) is 0 Å². The number of ether oxygens (including phenoxy) is 1. The summed E-state index contributed by atoms with van der Waals surface area (Å²) < 4.78 is 61.2. The molecule has 40 heavy (non-hydrogen) atoms. The number of hydrogen-bond donors (Lipinski definition) is 2. The molecule has 12 heteroatoms. The Hall–Kier alpha value is -4.06. The van der Waals surface area contributed by atoms with Crippen LogP contribution in [0.4, 0.5) is 17.1 Å². The van der Waals surface area contributed by atoms with Crippen molar-refractivity contribution in [3.8, 4) is 5.75 Å². The van der Waals surface area contributed by atoms with Gasteiger partial charge in [-0.15, -0.1) is 0 Å². The van der Waals surface area contributed by atoms with Gasteiger partial charge in [-0.1, -0.05) is 29.8 Å². The molecule has 1 amide bonds. The average molecular weight is 600 g/mol. The lowest BCUT2D eigenvalue weighted by Gasteiger charge is -2.24. The molecule has 4 aromatic rings. The van der Waals surface area contributed by atoms with Crippen LogP contribution in [0.1, 0.15) is 5.56 Å². The van der Waals surface area contributed by atoms with Crippen molar-refractivity contribution in [1.29, 1.82) is 0 Å². The van der Waals surface area contributed by atoms with Crippen molar-refractivity contribution in [1.82, 2.24) is 0 Å². The summed E-state index contributed by atoms with van der Waals surface area (Å²) in [5.41, 5.74) is 1.81. The second-order valence-electron chi connectivity index (χ2n) is 8.71. The Bertz CT molecular complexity index is 1730. The van der Waals surface area contributed by atoms with Gasteiger partial charge in [0.15, 0.2) is 0 Å². The molecule has 0 unspecified atom stereocenters. The van der Waals surface area contributed by atoms with Gasteiger partial charge in [0.2, 0.25) is 5.91 Å². The summed E-state index contributed by atoms with van der Waals surface area (Å²) in [6, 6.07) is 24.4. The highest BCUT2D eigenvalue weighted by atomic mass is 35.5. The first-order valence-electron chi connectivity index (χ1n) is 11.9. The minimum atomic E-state index is -4.17. The third-order valence-corrected chi connectivity index (χ3v) is 9.17. The number of nitrogens with one attached hydrogen (secondary N) is 2. The smallest absolute Gasteiger partial charge is 0.264 e. The molecular weight excluding hydrogens is 574 g/mol. The summed E-state index contributed by atoms with van der Waals surface area (Å²) in [5, 5.41) is 2.92. The Balaban J connectivity index is 1.53. The van der Waals surface area contributed by atoms with E-state index in [4.69, 9.17) is 16.3 Å². The average Bonchev–Trinajstić information content (AvgIpc) is 2.92. The van der Waals surface area contributed by atoms with Crippen LogP contribution in [0.25, 0.3) is 0 Å². The van der Waals surface area contributed by atoms with Crippen LogP contribution in [-0.4, -0.2) is 36.4 Å². The Morgan fingerprint density at radius 3 is 2.10 bits per heavy atom. The van der Waals surface area contributed by atoms with E-state index in [0.29, 0.717) is 16.5 Å². The number of sulfonamides is 2. The maximum Gasteiger partial charge on any atom is 0.264 e. The first-order chi connectivity index (χ1) is 19.0. The first kappa shape index (κ1) is 28.9. The standard InChI is InChI=1S/C28H26ClN3O6S2/c1-20-5-3-7-23(17-20)31-39(34,35)26-13-9-22(10-14-26)30-28(33)19-32(24-8-4-6-21(29)18-24)40(36,37)27-15-11-25(38-2)12-16-27/h3-18,31H,19H2,1-2H3,(H,30,33). The number of carbonyl (C=O) groups excluding carboxylic acids is 1. The number of hydrogen-bond acceptors (Lipinski definition) is 6. The van der Waals surface area contributed by atoms with E-state index in [1.54, 1.807) is 30.3 Å². The van der Waals surface area contributed by atoms with Gasteiger partial charge in [-0.25, -0.2) is 16.8 Å². The van der Waals surface area contributed by atoms with Gasteiger partial charge in [0.25, 0.3) is 20.0 Å². The SMILES string of the molecule is COc1ccc(S(=O)(=O)N(CC(=O)Nc2ccc(S(=O)(=O)Nc3cccc(C)c3)cc2)c2cccc(Cl)c2)cc1. The van der Waals surface area contributed by atoms with Crippen molar-refractivity contribution in [2.75, 3.05) is 28.0 Å². The van der Waals surface area contributed by atoms with Crippen molar-refractivity contribution in [2.45, 2.75) is 16.7 Å². The summed E-state index contributed by atoms with van der Waals surface area (Å²) in [6.07, 6.45) is 0. The fourth-order valence-corrected chi connectivity index (χ4v) is 6.44. The lowest BCUT2D eigenvalue weighted by Crippen LogP contribution is -2.38. The second kappa shape index (κ2) is 12.0. The van der Waals surface area contributed by atoms with Crippen LogP contribution in [-0.2, 0) is 24.8 Å². The number of halogens is 1. The van der Waals surface area contributed by atoms with E-state index in [9.17, 15) is 21.6 Å².